The zero-order chi connectivity index (χ0) is 14.4. The number of hydrogen-bond acceptors (Lipinski definition) is 3. The van der Waals surface area contributed by atoms with Gasteiger partial charge >= 0.3 is 0 Å². The summed E-state index contributed by atoms with van der Waals surface area (Å²) in [6.07, 6.45) is 0.803. The normalized spacial score (nSPS) is 25.4. The maximum absolute atomic E-state index is 12.3. The number of hydrogen-bond donors (Lipinski definition) is 0. The molecule has 4 heteroatoms. The van der Waals surface area contributed by atoms with Gasteiger partial charge in [0, 0.05) is 11.8 Å². The van der Waals surface area contributed by atoms with Gasteiger partial charge in [-0.15, -0.1) is 0 Å². The molecule has 2 aromatic carbocycles. The van der Waals surface area contributed by atoms with Crippen molar-refractivity contribution in [3.8, 4) is 0 Å². The quantitative estimate of drug-likeness (QED) is 0.816. The van der Waals surface area contributed by atoms with E-state index in [1.165, 1.54) is 6.26 Å². The second-order valence-corrected chi connectivity index (χ2v) is 7.37. The molecule has 0 amide bonds. The summed E-state index contributed by atoms with van der Waals surface area (Å²) < 4.78 is 30.2. The van der Waals surface area contributed by atoms with Crippen molar-refractivity contribution in [3.05, 3.63) is 71.3 Å². The van der Waals surface area contributed by atoms with Gasteiger partial charge in [-0.2, -0.15) is 0 Å². The van der Waals surface area contributed by atoms with E-state index in [9.17, 15) is 8.42 Å². The van der Waals surface area contributed by atoms with Crippen LogP contribution in [-0.2, 0) is 19.5 Å². The number of ether oxygens (including phenoxy) is 1. The molecule has 3 rings (SSSR count). The van der Waals surface area contributed by atoms with Gasteiger partial charge in [-0.25, -0.2) is 8.42 Å². The van der Waals surface area contributed by atoms with E-state index in [1.807, 2.05) is 61.5 Å². The van der Waals surface area contributed by atoms with Gasteiger partial charge in [0.2, 0.25) is 4.93 Å². The molecule has 3 nitrogen and oxygen atoms in total. The van der Waals surface area contributed by atoms with E-state index in [4.69, 9.17) is 4.74 Å². The number of aryl methyl sites for hydroxylation is 1. The van der Waals surface area contributed by atoms with Crippen molar-refractivity contribution in [2.24, 2.45) is 0 Å². The highest BCUT2D eigenvalue weighted by Gasteiger charge is 2.66. The summed E-state index contributed by atoms with van der Waals surface area (Å²) in [5, 5.41) is 0. The lowest BCUT2D eigenvalue weighted by Gasteiger charge is -2.12. The van der Waals surface area contributed by atoms with Crippen molar-refractivity contribution in [2.75, 3.05) is 6.26 Å². The summed E-state index contributed by atoms with van der Waals surface area (Å²) in [6, 6.07) is 17.0. The molecule has 0 bridgehead atoms. The lowest BCUT2D eigenvalue weighted by atomic mass is 10.0. The van der Waals surface area contributed by atoms with E-state index in [2.05, 4.69) is 0 Å². The second kappa shape index (κ2) is 4.43. The van der Waals surface area contributed by atoms with Crippen LogP contribution in [0.2, 0.25) is 0 Å². The van der Waals surface area contributed by atoms with Crippen LogP contribution in [-0.4, -0.2) is 14.7 Å². The summed E-state index contributed by atoms with van der Waals surface area (Å²) >= 11 is 0. The average molecular weight is 288 g/mol. The van der Waals surface area contributed by atoms with Crippen LogP contribution in [0.25, 0.3) is 0 Å². The first-order valence-electron chi connectivity index (χ1n) is 6.44. The van der Waals surface area contributed by atoms with Crippen molar-refractivity contribution in [3.63, 3.8) is 0 Å². The SMILES string of the molecule is Cc1ccc(C2(S(C)(=O)=O)OC2c2ccccc2)cc1. The molecule has 0 radical (unpaired) electrons. The highest BCUT2D eigenvalue weighted by molar-refractivity contribution is 7.91. The monoisotopic (exact) mass is 288 g/mol. The third-order valence-corrected chi connectivity index (χ3v) is 5.34. The van der Waals surface area contributed by atoms with Crippen LogP contribution in [0.3, 0.4) is 0 Å². The molecule has 1 fully saturated rings. The van der Waals surface area contributed by atoms with Crippen molar-refractivity contribution in [2.45, 2.75) is 18.0 Å². The van der Waals surface area contributed by atoms with Gasteiger partial charge in [-0.1, -0.05) is 60.2 Å². The molecule has 0 saturated carbocycles. The zero-order valence-corrected chi connectivity index (χ0v) is 12.2. The summed E-state index contributed by atoms with van der Waals surface area (Å²) in [5.74, 6) is 0. The van der Waals surface area contributed by atoms with E-state index >= 15 is 0 Å². The van der Waals surface area contributed by atoms with Crippen LogP contribution >= 0.6 is 0 Å². The van der Waals surface area contributed by atoms with Crippen molar-refractivity contribution in [1.82, 2.24) is 0 Å². The van der Waals surface area contributed by atoms with Gasteiger partial charge in [-0.05, 0) is 12.5 Å². The lowest BCUT2D eigenvalue weighted by molar-refractivity contribution is 0.350. The smallest absolute Gasteiger partial charge is 0.225 e. The van der Waals surface area contributed by atoms with E-state index < -0.39 is 20.9 Å². The Balaban J connectivity index is 2.09. The maximum Gasteiger partial charge on any atom is 0.225 e. The van der Waals surface area contributed by atoms with Gasteiger partial charge in [0.25, 0.3) is 0 Å². The molecule has 2 aromatic rings. The van der Waals surface area contributed by atoms with Crippen LogP contribution < -0.4 is 0 Å². The lowest BCUT2D eigenvalue weighted by Crippen LogP contribution is -2.22. The first kappa shape index (κ1) is 13.3. The predicted molar refractivity (Wildman–Crippen MR) is 78.0 cm³/mol. The van der Waals surface area contributed by atoms with E-state index in [0.717, 1.165) is 11.1 Å². The fraction of sp³-hybridized carbons (Fsp3) is 0.250. The standard InChI is InChI=1S/C16H16O3S/c1-12-8-10-14(11-9-12)16(20(2,17)18)15(19-16)13-6-4-3-5-7-13/h3-11,15H,1-2H3. The van der Waals surface area contributed by atoms with Gasteiger partial charge in [-0.3, -0.25) is 0 Å². The summed E-state index contributed by atoms with van der Waals surface area (Å²) in [5.41, 5.74) is 2.67. The minimum absolute atomic E-state index is 0.429. The van der Waals surface area contributed by atoms with E-state index in [-0.39, 0.29) is 0 Å². The highest BCUT2D eigenvalue weighted by Crippen LogP contribution is 2.60. The molecule has 1 saturated heterocycles. The Morgan fingerprint density at radius 1 is 1.00 bits per heavy atom. The van der Waals surface area contributed by atoms with Gasteiger partial charge in [0.05, 0.1) is 0 Å². The van der Waals surface area contributed by atoms with Crippen molar-refractivity contribution in [1.29, 1.82) is 0 Å². The van der Waals surface area contributed by atoms with Crippen LogP contribution in [0.5, 0.6) is 0 Å². The van der Waals surface area contributed by atoms with Gasteiger partial charge in [0.15, 0.2) is 9.84 Å². The van der Waals surface area contributed by atoms with Crippen LogP contribution in [0, 0.1) is 6.92 Å². The summed E-state index contributed by atoms with van der Waals surface area (Å²) in [6.45, 7) is 1.97. The highest BCUT2D eigenvalue weighted by atomic mass is 32.2. The summed E-state index contributed by atoms with van der Waals surface area (Å²) in [4.78, 5) is -1.23. The Labute approximate surface area is 119 Å². The Hall–Kier alpha value is -1.65. The molecule has 2 atom stereocenters. The topological polar surface area (TPSA) is 46.7 Å². The first-order chi connectivity index (χ1) is 9.45. The Morgan fingerprint density at radius 3 is 2.15 bits per heavy atom. The Kier molecular flexibility index (Phi) is 2.96. The second-order valence-electron chi connectivity index (χ2n) is 5.21. The Bertz CT molecular complexity index is 720. The molecule has 1 aliphatic rings. The minimum atomic E-state index is -3.38. The molecule has 104 valence electrons. The molecule has 0 aliphatic carbocycles. The van der Waals surface area contributed by atoms with Crippen LogP contribution in [0.1, 0.15) is 22.8 Å². The third kappa shape index (κ3) is 1.96. The largest absolute Gasteiger partial charge is 0.340 e. The molecule has 20 heavy (non-hydrogen) atoms. The number of sulfone groups is 1. The van der Waals surface area contributed by atoms with Crippen LogP contribution in [0.4, 0.5) is 0 Å². The number of rotatable bonds is 3. The average Bonchev–Trinajstić information content (AvgIpc) is 3.17. The third-order valence-electron chi connectivity index (χ3n) is 3.69. The zero-order valence-electron chi connectivity index (χ0n) is 11.4. The predicted octanol–water partition coefficient (Wildman–Crippen LogP) is 2.96. The first-order valence-corrected chi connectivity index (χ1v) is 8.34. The molecule has 0 aromatic heterocycles. The fourth-order valence-corrected chi connectivity index (χ4v) is 3.92. The van der Waals surface area contributed by atoms with Crippen molar-refractivity contribution >= 4 is 9.84 Å². The molecule has 0 spiro atoms. The molecular weight excluding hydrogens is 272 g/mol. The Morgan fingerprint density at radius 2 is 1.60 bits per heavy atom. The molecular formula is C16H16O3S. The number of benzene rings is 2. The molecule has 1 aliphatic heterocycles. The minimum Gasteiger partial charge on any atom is -0.340 e. The van der Waals surface area contributed by atoms with E-state index in [1.54, 1.807) is 0 Å². The van der Waals surface area contributed by atoms with Gasteiger partial charge in [0.1, 0.15) is 6.10 Å². The van der Waals surface area contributed by atoms with Gasteiger partial charge < -0.3 is 4.74 Å². The molecule has 0 N–H and O–H groups in total. The molecule has 2 unspecified atom stereocenters. The van der Waals surface area contributed by atoms with Crippen molar-refractivity contribution < 1.29 is 13.2 Å². The number of epoxide rings is 1. The van der Waals surface area contributed by atoms with Crippen LogP contribution in [0.15, 0.2) is 54.6 Å². The summed E-state index contributed by atoms with van der Waals surface area (Å²) in [7, 11) is -3.38. The maximum atomic E-state index is 12.3. The fourth-order valence-electron chi connectivity index (χ4n) is 2.56. The molecule has 1 heterocycles. The van der Waals surface area contributed by atoms with E-state index in [0.29, 0.717) is 5.56 Å².